The van der Waals surface area contributed by atoms with E-state index in [0.29, 0.717) is 5.91 Å². The number of carbonyl (C=O) groups excluding carboxylic acids is 1. The Hall–Kier alpha value is -0.570. The summed E-state index contributed by atoms with van der Waals surface area (Å²) >= 11 is 0. The van der Waals surface area contributed by atoms with Crippen molar-refractivity contribution in [3.63, 3.8) is 0 Å². The largest absolute Gasteiger partial charge is 0.342 e. The fraction of sp³-hybridized carbons (Fsp3) is 0.923. The van der Waals surface area contributed by atoms with Crippen molar-refractivity contribution in [2.75, 3.05) is 26.2 Å². The summed E-state index contributed by atoms with van der Waals surface area (Å²) in [7, 11) is 0. The number of amides is 1. The molecule has 0 aromatic heterocycles. The Bertz CT molecular complexity index is 283. The Balaban J connectivity index is 1.99. The van der Waals surface area contributed by atoms with E-state index in [2.05, 4.69) is 32.6 Å². The van der Waals surface area contributed by atoms with Crippen molar-refractivity contribution in [3.05, 3.63) is 0 Å². The molecule has 2 saturated heterocycles. The van der Waals surface area contributed by atoms with E-state index in [1.807, 2.05) is 4.90 Å². The third-order valence-corrected chi connectivity index (χ3v) is 4.21. The molecule has 3 nitrogen and oxygen atoms in total. The zero-order valence-corrected chi connectivity index (χ0v) is 11.0. The van der Waals surface area contributed by atoms with E-state index in [9.17, 15) is 4.79 Å². The van der Waals surface area contributed by atoms with Gasteiger partial charge in [0.25, 0.3) is 0 Å². The normalized spacial score (nSPS) is 24.9. The zero-order valence-electron chi connectivity index (χ0n) is 11.0. The van der Waals surface area contributed by atoms with Crippen molar-refractivity contribution in [3.8, 4) is 0 Å². The first-order chi connectivity index (χ1) is 7.39. The van der Waals surface area contributed by atoms with E-state index in [-0.39, 0.29) is 11.0 Å². The van der Waals surface area contributed by atoms with Gasteiger partial charge in [-0.1, -0.05) is 6.92 Å². The van der Waals surface area contributed by atoms with Gasteiger partial charge in [0.1, 0.15) is 0 Å². The highest BCUT2D eigenvalue weighted by Crippen LogP contribution is 2.40. The smallest absolute Gasteiger partial charge is 0.231 e. The van der Waals surface area contributed by atoms with Crippen LogP contribution in [0.4, 0.5) is 0 Å². The van der Waals surface area contributed by atoms with Crippen LogP contribution in [0, 0.1) is 5.41 Å². The van der Waals surface area contributed by atoms with Crippen LogP contribution in [0.5, 0.6) is 0 Å². The summed E-state index contributed by atoms with van der Waals surface area (Å²) in [6, 6.07) is 0. The molecule has 0 radical (unpaired) electrons. The average molecular weight is 224 g/mol. The maximum Gasteiger partial charge on any atom is 0.231 e. The summed E-state index contributed by atoms with van der Waals surface area (Å²) in [6.07, 6.45) is 2.17. The second kappa shape index (κ2) is 3.73. The summed E-state index contributed by atoms with van der Waals surface area (Å²) in [5.41, 5.74) is 0.140. The summed E-state index contributed by atoms with van der Waals surface area (Å²) in [4.78, 5) is 16.8. The second-order valence-electron chi connectivity index (χ2n) is 6.31. The Morgan fingerprint density at radius 3 is 2.12 bits per heavy atom. The Kier molecular flexibility index (Phi) is 2.77. The van der Waals surface area contributed by atoms with Gasteiger partial charge in [-0.2, -0.15) is 0 Å². The maximum absolute atomic E-state index is 12.3. The minimum absolute atomic E-state index is 0.0618. The van der Waals surface area contributed by atoms with Gasteiger partial charge >= 0.3 is 0 Å². The molecule has 2 rings (SSSR count). The molecule has 0 unspecified atom stereocenters. The van der Waals surface area contributed by atoms with Gasteiger partial charge in [-0.25, -0.2) is 0 Å². The fourth-order valence-electron chi connectivity index (χ4n) is 2.52. The molecule has 2 fully saturated rings. The van der Waals surface area contributed by atoms with Gasteiger partial charge in [0.05, 0.1) is 5.41 Å². The first-order valence-electron chi connectivity index (χ1n) is 6.43. The molecule has 0 saturated carbocycles. The molecular weight excluding hydrogens is 200 g/mol. The van der Waals surface area contributed by atoms with Gasteiger partial charge in [0.15, 0.2) is 0 Å². The topological polar surface area (TPSA) is 23.6 Å². The van der Waals surface area contributed by atoms with Crippen LogP contribution >= 0.6 is 0 Å². The predicted molar refractivity (Wildman–Crippen MR) is 65.2 cm³/mol. The van der Waals surface area contributed by atoms with E-state index in [0.717, 1.165) is 32.6 Å². The molecule has 1 amide bonds. The highest BCUT2D eigenvalue weighted by molar-refractivity contribution is 5.85. The lowest BCUT2D eigenvalue weighted by molar-refractivity contribution is -0.163. The van der Waals surface area contributed by atoms with E-state index in [4.69, 9.17) is 0 Å². The van der Waals surface area contributed by atoms with Gasteiger partial charge in [-0.15, -0.1) is 0 Å². The van der Waals surface area contributed by atoms with Gasteiger partial charge in [0.2, 0.25) is 5.91 Å². The SMILES string of the molecule is CCC1(C(=O)N2CCC2)CN(C(C)(C)C)C1. The third kappa shape index (κ3) is 1.75. The van der Waals surface area contributed by atoms with Crippen molar-refractivity contribution in [1.29, 1.82) is 0 Å². The molecule has 2 aliphatic heterocycles. The van der Waals surface area contributed by atoms with E-state index < -0.39 is 0 Å². The lowest BCUT2D eigenvalue weighted by atomic mass is 9.73. The van der Waals surface area contributed by atoms with Crippen LogP contribution in [0.1, 0.15) is 40.5 Å². The fourth-order valence-corrected chi connectivity index (χ4v) is 2.52. The first kappa shape index (κ1) is 11.9. The van der Waals surface area contributed by atoms with E-state index >= 15 is 0 Å². The average Bonchev–Trinajstić information content (AvgIpc) is 1.96. The highest BCUT2D eigenvalue weighted by Gasteiger charge is 2.52. The number of nitrogens with zero attached hydrogens (tertiary/aromatic N) is 2. The van der Waals surface area contributed by atoms with Gasteiger partial charge in [-0.05, 0) is 33.6 Å². The van der Waals surface area contributed by atoms with Crippen LogP contribution in [0.25, 0.3) is 0 Å². The molecule has 0 aromatic rings. The van der Waals surface area contributed by atoms with Crippen molar-refractivity contribution in [1.82, 2.24) is 9.80 Å². The molecule has 0 spiro atoms. The quantitative estimate of drug-likeness (QED) is 0.713. The molecule has 0 aromatic carbocycles. The minimum Gasteiger partial charge on any atom is -0.342 e. The summed E-state index contributed by atoms with van der Waals surface area (Å²) in [5.74, 6) is 0.404. The van der Waals surface area contributed by atoms with Crippen LogP contribution in [0.2, 0.25) is 0 Å². The summed E-state index contributed by atoms with van der Waals surface area (Å²) < 4.78 is 0. The number of hydrogen-bond donors (Lipinski definition) is 0. The van der Waals surface area contributed by atoms with Crippen LogP contribution in [-0.4, -0.2) is 47.4 Å². The van der Waals surface area contributed by atoms with Crippen molar-refractivity contribution >= 4 is 5.91 Å². The minimum atomic E-state index is -0.0618. The molecule has 2 aliphatic rings. The van der Waals surface area contributed by atoms with Crippen LogP contribution < -0.4 is 0 Å². The van der Waals surface area contributed by atoms with Gasteiger partial charge in [-0.3, -0.25) is 9.69 Å². The van der Waals surface area contributed by atoms with E-state index in [1.54, 1.807) is 0 Å². The number of hydrogen-bond acceptors (Lipinski definition) is 2. The molecular formula is C13H24N2O. The lowest BCUT2D eigenvalue weighted by Gasteiger charge is -2.56. The van der Waals surface area contributed by atoms with E-state index in [1.165, 1.54) is 6.42 Å². The summed E-state index contributed by atoms with van der Waals surface area (Å²) in [5, 5.41) is 0. The highest BCUT2D eigenvalue weighted by atomic mass is 16.2. The molecule has 92 valence electrons. The van der Waals surface area contributed by atoms with Crippen molar-refractivity contribution in [2.24, 2.45) is 5.41 Å². The number of rotatable bonds is 2. The van der Waals surface area contributed by atoms with Crippen molar-refractivity contribution < 1.29 is 4.79 Å². The molecule has 0 aliphatic carbocycles. The third-order valence-electron chi connectivity index (χ3n) is 4.21. The van der Waals surface area contributed by atoms with Crippen molar-refractivity contribution in [2.45, 2.75) is 46.1 Å². The van der Waals surface area contributed by atoms with Crippen LogP contribution in [0.15, 0.2) is 0 Å². The second-order valence-corrected chi connectivity index (χ2v) is 6.31. The first-order valence-corrected chi connectivity index (χ1v) is 6.43. The lowest BCUT2D eigenvalue weighted by Crippen LogP contribution is -2.68. The molecule has 0 N–H and O–H groups in total. The molecule has 0 bridgehead atoms. The Morgan fingerprint density at radius 1 is 1.25 bits per heavy atom. The standard InChI is InChI=1S/C13H24N2O/c1-5-13(11(16)14-7-6-8-14)9-15(10-13)12(2,3)4/h5-10H2,1-4H3. The molecule has 16 heavy (non-hydrogen) atoms. The van der Waals surface area contributed by atoms with Crippen LogP contribution in [0.3, 0.4) is 0 Å². The Labute approximate surface area is 98.8 Å². The molecule has 0 atom stereocenters. The maximum atomic E-state index is 12.3. The number of carbonyl (C=O) groups is 1. The molecule has 2 heterocycles. The molecule has 3 heteroatoms. The zero-order chi connectivity index (χ0) is 12.0. The Morgan fingerprint density at radius 2 is 1.81 bits per heavy atom. The monoisotopic (exact) mass is 224 g/mol. The summed E-state index contributed by atoms with van der Waals surface area (Å²) in [6.45, 7) is 12.7. The predicted octanol–water partition coefficient (Wildman–Crippen LogP) is 1.73. The van der Waals surface area contributed by atoms with Gasteiger partial charge in [0, 0.05) is 31.7 Å². The van der Waals surface area contributed by atoms with Gasteiger partial charge < -0.3 is 4.90 Å². The van der Waals surface area contributed by atoms with Crippen LogP contribution in [-0.2, 0) is 4.79 Å². The number of likely N-dealkylation sites (tertiary alicyclic amines) is 2.